The number of hydrogen-bond donors (Lipinski definition) is 2. The molecule has 0 saturated heterocycles. The normalized spacial score (nSPS) is 11.2. The highest BCUT2D eigenvalue weighted by Gasteiger charge is 2.28. The third-order valence-corrected chi connectivity index (χ3v) is 3.93. The van der Waals surface area contributed by atoms with E-state index in [4.69, 9.17) is 15.0 Å². The largest absolute Gasteiger partial charge is 0.542 e. The molecule has 0 amide bonds. The maximum atomic E-state index is 11.6. The molecular formula is C14H13F3N4O6S. The maximum Gasteiger partial charge on any atom is 0.430 e. The lowest BCUT2D eigenvalue weighted by Crippen LogP contribution is -2.43. The Morgan fingerprint density at radius 1 is 1.18 bits per heavy atom. The van der Waals surface area contributed by atoms with Gasteiger partial charge in [0.05, 0.1) is 0 Å². The zero-order valence-electron chi connectivity index (χ0n) is 13.8. The molecule has 2 heterocycles. The molecule has 0 aliphatic rings. The van der Waals surface area contributed by atoms with Crippen molar-refractivity contribution in [2.45, 2.75) is 12.1 Å². The van der Waals surface area contributed by atoms with Crippen LogP contribution in [0, 0.1) is 0 Å². The number of pyridine rings is 1. The molecule has 2 aromatic heterocycles. The van der Waals surface area contributed by atoms with Crippen LogP contribution in [0.25, 0.3) is 11.4 Å². The fraction of sp³-hybridized carbons (Fsp3) is 0.214. The van der Waals surface area contributed by atoms with Crippen LogP contribution in [0.1, 0.15) is 0 Å². The van der Waals surface area contributed by atoms with Gasteiger partial charge in [0.1, 0.15) is 12.5 Å². The Bertz CT molecular complexity index is 905. The Balaban J connectivity index is 0.000000480. The van der Waals surface area contributed by atoms with Gasteiger partial charge in [0.15, 0.2) is 18.2 Å². The van der Waals surface area contributed by atoms with Crippen molar-refractivity contribution in [2.75, 3.05) is 6.54 Å². The van der Waals surface area contributed by atoms with E-state index >= 15 is 0 Å². The van der Waals surface area contributed by atoms with Crippen LogP contribution in [-0.4, -0.2) is 48.2 Å². The highest BCUT2D eigenvalue weighted by molar-refractivity contribution is 7.88. The summed E-state index contributed by atoms with van der Waals surface area (Å²) in [5.41, 5.74) is 0.753. The standard InChI is InChI=1S/C12H12N4O4S.C2HF3O2/c17-11(18)8-15-21(19,20)9-16-6-2-10(3-7-16)12-13-4-1-5-14-12;3-2(4,5)1(6)7/h1-7,15H,8-9H2;(H,6,7). The number of carboxylic acid groups (broad SMARTS) is 2. The molecular weight excluding hydrogens is 409 g/mol. The van der Waals surface area contributed by atoms with E-state index in [9.17, 15) is 26.4 Å². The Morgan fingerprint density at radius 2 is 1.68 bits per heavy atom. The lowest BCUT2D eigenvalue weighted by molar-refractivity contribution is -0.677. The van der Waals surface area contributed by atoms with Crippen molar-refractivity contribution in [3.63, 3.8) is 0 Å². The van der Waals surface area contributed by atoms with Gasteiger partial charge in [-0.25, -0.2) is 18.4 Å². The van der Waals surface area contributed by atoms with Gasteiger partial charge >= 0.3 is 12.1 Å². The van der Waals surface area contributed by atoms with Crippen LogP contribution in [0.15, 0.2) is 43.0 Å². The molecule has 0 bridgehead atoms. The van der Waals surface area contributed by atoms with Crippen molar-refractivity contribution in [3.05, 3.63) is 43.0 Å². The van der Waals surface area contributed by atoms with Crippen molar-refractivity contribution in [1.82, 2.24) is 14.7 Å². The van der Waals surface area contributed by atoms with E-state index < -0.39 is 34.7 Å². The third kappa shape index (κ3) is 8.50. The summed E-state index contributed by atoms with van der Waals surface area (Å²) in [6, 6.07) is 5.07. The molecule has 0 fully saturated rings. The topological polar surface area (TPSA) is 153 Å². The summed E-state index contributed by atoms with van der Waals surface area (Å²) in [5.74, 6) is -4.07. The number of aromatic nitrogens is 3. The minimum absolute atomic E-state index is 0.365. The Morgan fingerprint density at radius 3 is 2.11 bits per heavy atom. The number of nitrogens with one attached hydrogen (secondary N) is 1. The second-order valence-electron chi connectivity index (χ2n) is 4.92. The summed E-state index contributed by atoms with van der Waals surface area (Å²) in [7, 11) is -3.71. The van der Waals surface area contributed by atoms with E-state index in [0.717, 1.165) is 5.56 Å². The number of aliphatic carboxylic acids is 2. The van der Waals surface area contributed by atoms with Crippen LogP contribution in [0.2, 0.25) is 0 Å². The fourth-order valence-electron chi connectivity index (χ4n) is 1.55. The number of rotatable bonds is 6. The third-order valence-electron chi connectivity index (χ3n) is 2.71. The molecule has 0 atom stereocenters. The van der Waals surface area contributed by atoms with Crippen molar-refractivity contribution in [1.29, 1.82) is 0 Å². The first-order valence-electron chi connectivity index (χ1n) is 7.14. The molecule has 2 N–H and O–H groups in total. The van der Waals surface area contributed by atoms with E-state index in [1.807, 2.05) is 4.72 Å². The van der Waals surface area contributed by atoms with Gasteiger partial charge in [-0.3, -0.25) is 4.79 Å². The first-order valence-corrected chi connectivity index (χ1v) is 8.80. The number of nitrogens with zero attached hydrogens (tertiary/aromatic N) is 3. The van der Waals surface area contributed by atoms with Crippen molar-refractivity contribution in [2.24, 2.45) is 0 Å². The van der Waals surface area contributed by atoms with Crippen LogP contribution in [-0.2, 0) is 25.5 Å². The second kappa shape index (κ2) is 9.70. The lowest BCUT2D eigenvalue weighted by atomic mass is 10.2. The van der Waals surface area contributed by atoms with Crippen LogP contribution in [0.4, 0.5) is 13.2 Å². The first kappa shape index (κ1) is 22.9. The Labute approximate surface area is 156 Å². The molecule has 0 unspecified atom stereocenters. The number of sulfonamides is 1. The average Bonchev–Trinajstić information content (AvgIpc) is 2.61. The highest BCUT2D eigenvalue weighted by Crippen LogP contribution is 2.11. The number of carbonyl (C=O) groups is 2. The smallest absolute Gasteiger partial charge is 0.430 e. The number of carboxylic acids is 2. The predicted octanol–water partition coefficient (Wildman–Crippen LogP) is -1.31. The summed E-state index contributed by atoms with van der Waals surface area (Å²) in [5, 5.41) is 17.2. The SMILES string of the molecule is O=C(O)CNS(=O)(=O)C[n+]1ccc(-c2ncccn2)cc1.O=C([O-])C(F)(F)F. The highest BCUT2D eigenvalue weighted by atomic mass is 32.2. The van der Waals surface area contributed by atoms with Gasteiger partial charge in [0.2, 0.25) is 0 Å². The molecule has 0 aliphatic carbocycles. The quantitative estimate of drug-likeness (QED) is 0.544. The maximum absolute atomic E-state index is 11.6. The molecule has 14 heteroatoms. The molecule has 0 spiro atoms. The average molecular weight is 422 g/mol. The molecule has 2 aromatic rings. The van der Waals surface area contributed by atoms with Gasteiger partial charge in [-0.15, -0.1) is 0 Å². The molecule has 0 aliphatic heterocycles. The molecule has 152 valence electrons. The minimum Gasteiger partial charge on any atom is -0.542 e. The summed E-state index contributed by atoms with van der Waals surface area (Å²) >= 11 is 0. The van der Waals surface area contributed by atoms with Gasteiger partial charge < -0.3 is 15.0 Å². The second-order valence-corrected chi connectivity index (χ2v) is 6.69. The molecule has 28 heavy (non-hydrogen) atoms. The van der Waals surface area contributed by atoms with E-state index in [0.29, 0.717) is 5.82 Å². The van der Waals surface area contributed by atoms with Gasteiger partial charge in [-0.05, 0) is 6.07 Å². The van der Waals surface area contributed by atoms with Gasteiger partial charge in [-0.1, -0.05) is 0 Å². The minimum atomic E-state index is -5.19. The monoisotopic (exact) mass is 422 g/mol. The predicted molar refractivity (Wildman–Crippen MR) is 83.3 cm³/mol. The number of carbonyl (C=O) groups excluding carboxylic acids is 1. The molecule has 2 rings (SSSR count). The Kier molecular flexibility index (Phi) is 7.94. The van der Waals surface area contributed by atoms with E-state index in [-0.39, 0.29) is 5.88 Å². The van der Waals surface area contributed by atoms with Crippen LogP contribution in [0.3, 0.4) is 0 Å². The van der Waals surface area contributed by atoms with E-state index in [2.05, 4.69) is 9.97 Å². The van der Waals surface area contributed by atoms with Gasteiger partial charge in [-0.2, -0.15) is 22.5 Å². The summed E-state index contributed by atoms with van der Waals surface area (Å²) in [4.78, 5) is 27.3. The molecule has 0 saturated carbocycles. The Hall–Kier alpha value is -3.13. The summed E-state index contributed by atoms with van der Waals surface area (Å²) in [6.45, 7) is -0.640. The number of hydrogen-bond acceptors (Lipinski definition) is 7. The van der Waals surface area contributed by atoms with Gasteiger partial charge in [0, 0.05) is 30.1 Å². The van der Waals surface area contributed by atoms with Crippen molar-refractivity contribution >= 4 is 22.0 Å². The van der Waals surface area contributed by atoms with E-state index in [1.54, 1.807) is 43.0 Å². The van der Waals surface area contributed by atoms with Crippen LogP contribution < -0.4 is 14.4 Å². The number of halogens is 3. The number of alkyl halides is 3. The van der Waals surface area contributed by atoms with Crippen molar-refractivity contribution < 1.29 is 46.0 Å². The summed E-state index contributed by atoms with van der Waals surface area (Å²) in [6.07, 6.45) is 1.16. The first-order chi connectivity index (χ1) is 12.9. The van der Waals surface area contributed by atoms with Crippen LogP contribution >= 0.6 is 0 Å². The van der Waals surface area contributed by atoms with E-state index in [1.165, 1.54) is 4.57 Å². The summed E-state index contributed by atoms with van der Waals surface area (Å²) < 4.78 is 58.2. The molecule has 0 aromatic carbocycles. The molecule has 10 nitrogen and oxygen atoms in total. The lowest BCUT2D eigenvalue weighted by Gasteiger charge is -2.03. The van der Waals surface area contributed by atoms with Crippen LogP contribution in [0.5, 0.6) is 0 Å². The van der Waals surface area contributed by atoms with Crippen molar-refractivity contribution in [3.8, 4) is 11.4 Å². The zero-order chi connectivity index (χ0) is 21.4. The molecule has 0 radical (unpaired) electrons. The van der Waals surface area contributed by atoms with Gasteiger partial charge in [0.25, 0.3) is 15.9 Å². The fourth-order valence-corrected chi connectivity index (χ4v) is 2.55. The zero-order valence-corrected chi connectivity index (χ0v) is 14.6.